The molecule has 1 aliphatic carbocycles. The fourth-order valence-corrected chi connectivity index (χ4v) is 3.83. The normalized spacial score (nSPS) is 22.6. The van der Waals surface area contributed by atoms with E-state index in [1.165, 1.54) is 37.7 Å². The van der Waals surface area contributed by atoms with Gasteiger partial charge in [-0.1, -0.05) is 19.9 Å². The molecule has 1 aromatic rings. The van der Waals surface area contributed by atoms with E-state index in [-0.39, 0.29) is 5.60 Å². The molecule has 1 atom stereocenters. The number of methoxy groups -OCH3 is 1. The second-order valence-corrected chi connectivity index (χ2v) is 7.29. The fraction of sp³-hybridized carbons (Fsp3) is 0.684. The van der Waals surface area contributed by atoms with E-state index >= 15 is 0 Å². The van der Waals surface area contributed by atoms with E-state index < -0.39 is 0 Å². The molecule has 0 aromatic heterocycles. The first kappa shape index (κ1) is 15.7. The van der Waals surface area contributed by atoms with Gasteiger partial charge in [0, 0.05) is 24.1 Å². The maximum absolute atomic E-state index is 6.46. The van der Waals surface area contributed by atoms with Gasteiger partial charge in [-0.25, -0.2) is 0 Å². The summed E-state index contributed by atoms with van der Waals surface area (Å²) in [6, 6.07) is 6.69. The fourth-order valence-electron chi connectivity index (χ4n) is 3.83. The molecule has 3 heteroatoms. The molecule has 0 amide bonds. The van der Waals surface area contributed by atoms with Crippen molar-refractivity contribution in [1.29, 1.82) is 0 Å². The van der Waals surface area contributed by atoms with Crippen LogP contribution in [-0.2, 0) is 0 Å². The molecule has 1 aliphatic heterocycles. The lowest BCUT2D eigenvalue weighted by Crippen LogP contribution is -2.42. The summed E-state index contributed by atoms with van der Waals surface area (Å²) in [4.78, 5) is 0. The molecule has 122 valence electrons. The van der Waals surface area contributed by atoms with Crippen LogP contribution in [0.4, 0.5) is 0 Å². The van der Waals surface area contributed by atoms with Crippen LogP contribution in [0.5, 0.6) is 11.5 Å². The molecule has 3 nitrogen and oxygen atoms in total. The number of rotatable bonds is 5. The molecule has 3 rings (SSSR count). The summed E-state index contributed by atoms with van der Waals surface area (Å²) in [5.41, 5.74) is 1.34. The Morgan fingerprint density at radius 1 is 1.32 bits per heavy atom. The lowest BCUT2D eigenvalue weighted by molar-refractivity contribution is 0.0364. The zero-order valence-corrected chi connectivity index (χ0v) is 14.2. The minimum Gasteiger partial charge on any atom is -0.497 e. The van der Waals surface area contributed by atoms with Crippen molar-refractivity contribution in [2.45, 2.75) is 64.0 Å². The van der Waals surface area contributed by atoms with Gasteiger partial charge in [0.1, 0.15) is 17.1 Å². The van der Waals surface area contributed by atoms with E-state index in [1.54, 1.807) is 7.11 Å². The average molecular weight is 303 g/mol. The molecule has 22 heavy (non-hydrogen) atoms. The van der Waals surface area contributed by atoms with Crippen LogP contribution < -0.4 is 14.8 Å². The number of hydrogen-bond donors (Lipinski definition) is 1. The van der Waals surface area contributed by atoms with Gasteiger partial charge in [0.05, 0.1) is 7.11 Å². The molecule has 1 heterocycles. The van der Waals surface area contributed by atoms with Crippen molar-refractivity contribution in [3.05, 3.63) is 23.8 Å². The Labute approximate surface area is 134 Å². The van der Waals surface area contributed by atoms with Crippen molar-refractivity contribution in [3.63, 3.8) is 0 Å². The maximum atomic E-state index is 6.46. The highest BCUT2D eigenvalue weighted by molar-refractivity contribution is 5.44. The van der Waals surface area contributed by atoms with Crippen molar-refractivity contribution in [3.8, 4) is 11.5 Å². The number of fused-ring (bicyclic) bond motifs is 1. The Balaban J connectivity index is 1.82. The summed E-state index contributed by atoms with van der Waals surface area (Å²) < 4.78 is 11.8. The Bertz CT molecular complexity index is 506. The summed E-state index contributed by atoms with van der Waals surface area (Å²) in [5.74, 6) is 2.65. The highest BCUT2D eigenvalue weighted by Crippen LogP contribution is 2.47. The predicted molar refractivity (Wildman–Crippen MR) is 89.6 cm³/mol. The Morgan fingerprint density at radius 3 is 2.77 bits per heavy atom. The first-order valence-corrected chi connectivity index (χ1v) is 8.72. The molecule has 1 aromatic carbocycles. The molecule has 0 saturated heterocycles. The second-order valence-electron chi connectivity index (χ2n) is 7.29. The van der Waals surface area contributed by atoms with Crippen LogP contribution in [0.1, 0.15) is 64.0 Å². The number of hydrogen-bond acceptors (Lipinski definition) is 3. The Morgan fingerprint density at radius 2 is 2.09 bits per heavy atom. The smallest absolute Gasteiger partial charge is 0.128 e. The van der Waals surface area contributed by atoms with E-state index in [9.17, 15) is 0 Å². The van der Waals surface area contributed by atoms with Gasteiger partial charge in [-0.3, -0.25) is 0 Å². The van der Waals surface area contributed by atoms with Crippen molar-refractivity contribution < 1.29 is 9.47 Å². The predicted octanol–water partition coefficient (Wildman–Crippen LogP) is 4.47. The summed E-state index contributed by atoms with van der Waals surface area (Å²) in [7, 11) is 1.72. The van der Waals surface area contributed by atoms with Crippen LogP contribution in [-0.4, -0.2) is 19.3 Å². The number of nitrogens with one attached hydrogen (secondary N) is 1. The molecule has 0 bridgehead atoms. The van der Waals surface area contributed by atoms with Gasteiger partial charge in [0.25, 0.3) is 0 Å². The quantitative estimate of drug-likeness (QED) is 0.870. The molecule has 0 radical (unpaired) electrons. The molecular weight excluding hydrogens is 274 g/mol. The van der Waals surface area contributed by atoms with Crippen molar-refractivity contribution in [2.75, 3.05) is 13.7 Å². The number of ether oxygens (including phenoxy) is 2. The standard InChI is InChI=1S/C19H29NO2/c1-14(2)8-11-20-17-13-19(9-4-5-10-19)22-18-12-15(21-3)6-7-16(17)18/h6-7,12,14,17,20H,4-5,8-11,13H2,1-3H3. The summed E-state index contributed by atoms with van der Waals surface area (Å²) in [5, 5.41) is 3.78. The van der Waals surface area contributed by atoms with Crippen LogP contribution in [0.2, 0.25) is 0 Å². The van der Waals surface area contributed by atoms with Gasteiger partial charge >= 0.3 is 0 Å². The maximum Gasteiger partial charge on any atom is 0.128 e. The molecule has 1 spiro atoms. The van der Waals surface area contributed by atoms with E-state index in [0.29, 0.717) is 6.04 Å². The van der Waals surface area contributed by atoms with Crippen LogP contribution >= 0.6 is 0 Å². The largest absolute Gasteiger partial charge is 0.497 e. The van der Waals surface area contributed by atoms with Crippen LogP contribution in [0.25, 0.3) is 0 Å². The molecule has 1 N–H and O–H groups in total. The van der Waals surface area contributed by atoms with Gasteiger partial charge in [-0.05, 0) is 50.6 Å². The van der Waals surface area contributed by atoms with Gasteiger partial charge in [0.15, 0.2) is 0 Å². The minimum absolute atomic E-state index is 0.0505. The molecule has 1 saturated carbocycles. The SMILES string of the molecule is COc1ccc2c(c1)OC1(CCCC1)CC2NCCC(C)C. The summed E-state index contributed by atoms with van der Waals surface area (Å²) in [6.45, 7) is 5.63. The van der Waals surface area contributed by atoms with Crippen LogP contribution in [0.3, 0.4) is 0 Å². The van der Waals surface area contributed by atoms with E-state index in [1.807, 2.05) is 6.07 Å². The second kappa shape index (κ2) is 6.49. The molecule has 2 aliphatic rings. The summed E-state index contributed by atoms with van der Waals surface area (Å²) in [6.07, 6.45) is 7.27. The van der Waals surface area contributed by atoms with Gasteiger partial charge < -0.3 is 14.8 Å². The molecular formula is C19H29NO2. The van der Waals surface area contributed by atoms with Crippen molar-refractivity contribution in [1.82, 2.24) is 5.32 Å². The lowest BCUT2D eigenvalue weighted by atomic mass is 9.85. The first-order chi connectivity index (χ1) is 10.6. The Hall–Kier alpha value is -1.22. The zero-order valence-electron chi connectivity index (χ0n) is 14.2. The topological polar surface area (TPSA) is 30.5 Å². The lowest BCUT2D eigenvalue weighted by Gasteiger charge is -2.40. The summed E-state index contributed by atoms with van der Waals surface area (Å²) >= 11 is 0. The Kier molecular flexibility index (Phi) is 4.62. The monoisotopic (exact) mass is 303 g/mol. The molecule has 1 unspecified atom stereocenters. The highest BCUT2D eigenvalue weighted by Gasteiger charge is 2.43. The minimum atomic E-state index is 0.0505. The van der Waals surface area contributed by atoms with Gasteiger partial charge in [-0.15, -0.1) is 0 Å². The molecule has 1 fully saturated rings. The third-order valence-electron chi connectivity index (χ3n) is 5.13. The van der Waals surface area contributed by atoms with Gasteiger partial charge in [0.2, 0.25) is 0 Å². The number of benzene rings is 1. The third-order valence-corrected chi connectivity index (χ3v) is 5.13. The van der Waals surface area contributed by atoms with E-state index in [0.717, 1.165) is 30.4 Å². The third kappa shape index (κ3) is 3.24. The van der Waals surface area contributed by atoms with Crippen molar-refractivity contribution >= 4 is 0 Å². The van der Waals surface area contributed by atoms with E-state index in [4.69, 9.17) is 9.47 Å². The van der Waals surface area contributed by atoms with Crippen LogP contribution in [0.15, 0.2) is 18.2 Å². The van der Waals surface area contributed by atoms with Crippen LogP contribution in [0, 0.1) is 5.92 Å². The highest BCUT2D eigenvalue weighted by atomic mass is 16.5. The average Bonchev–Trinajstić information content (AvgIpc) is 2.93. The zero-order chi connectivity index (χ0) is 15.6. The van der Waals surface area contributed by atoms with E-state index in [2.05, 4.69) is 31.3 Å². The van der Waals surface area contributed by atoms with Gasteiger partial charge in [-0.2, -0.15) is 0 Å². The first-order valence-electron chi connectivity index (χ1n) is 8.72. The van der Waals surface area contributed by atoms with Crippen molar-refractivity contribution in [2.24, 2.45) is 5.92 Å².